The van der Waals surface area contributed by atoms with Gasteiger partial charge in [-0.3, -0.25) is 4.79 Å². The van der Waals surface area contributed by atoms with E-state index in [-0.39, 0.29) is 17.9 Å². The van der Waals surface area contributed by atoms with E-state index < -0.39 is 0 Å². The number of hydrogen-bond acceptors (Lipinski definition) is 3. The molecule has 0 fully saturated rings. The zero-order valence-electron chi connectivity index (χ0n) is 14.3. The smallest absolute Gasteiger partial charge is 0.262 e. The summed E-state index contributed by atoms with van der Waals surface area (Å²) in [5.74, 6) is 0.449. The summed E-state index contributed by atoms with van der Waals surface area (Å²) in [6.07, 6.45) is 0.363. The number of hydrogen-bond donors (Lipinski definition) is 1. The minimum absolute atomic E-state index is 0.0468. The predicted octanol–water partition coefficient (Wildman–Crippen LogP) is 4.07. The van der Waals surface area contributed by atoms with Crippen LogP contribution in [0.3, 0.4) is 0 Å². The van der Waals surface area contributed by atoms with Gasteiger partial charge in [0.25, 0.3) is 5.91 Å². The first kappa shape index (κ1) is 17.6. The highest BCUT2D eigenvalue weighted by molar-refractivity contribution is 5.91. The van der Waals surface area contributed by atoms with Crippen LogP contribution in [-0.4, -0.2) is 12.5 Å². The van der Waals surface area contributed by atoms with Crippen LogP contribution in [-0.2, 0) is 16.6 Å². The fourth-order valence-electron chi connectivity index (χ4n) is 2.19. The quantitative estimate of drug-likeness (QED) is 0.902. The van der Waals surface area contributed by atoms with Crippen molar-refractivity contribution < 1.29 is 9.53 Å². The minimum Gasteiger partial charge on any atom is -0.484 e. The van der Waals surface area contributed by atoms with Gasteiger partial charge in [-0.25, -0.2) is 0 Å². The van der Waals surface area contributed by atoms with Crippen LogP contribution in [0.1, 0.15) is 31.9 Å². The van der Waals surface area contributed by atoms with Gasteiger partial charge in [-0.05, 0) is 40.8 Å². The van der Waals surface area contributed by atoms with Gasteiger partial charge in [-0.2, -0.15) is 5.26 Å². The molecule has 2 aromatic rings. The molecule has 4 heteroatoms. The molecule has 0 spiro atoms. The van der Waals surface area contributed by atoms with Crippen molar-refractivity contribution in [2.24, 2.45) is 0 Å². The molecular weight excluding hydrogens is 300 g/mol. The van der Waals surface area contributed by atoms with Crippen LogP contribution in [0, 0.1) is 11.3 Å². The van der Waals surface area contributed by atoms with Gasteiger partial charge in [-0.1, -0.05) is 45.0 Å². The molecule has 2 aromatic carbocycles. The van der Waals surface area contributed by atoms with Crippen LogP contribution in [0.5, 0.6) is 5.75 Å². The average Bonchev–Trinajstić information content (AvgIpc) is 2.55. The first-order chi connectivity index (χ1) is 11.4. The Morgan fingerprint density at radius 1 is 1.08 bits per heavy atom. The molecule has 1 N–H and O–H groups in total. The fourth-order valence-corrected chi connectivity index (χ4v) is 2.19. The second-order valence-corrected chi connectivity index (χ2v) is 6.64. The number of rotatable bonds is 5. The average molecular weight is 322 g/mol. The van der Waals surface area contributed by atoms with Gasteiger partial charge < -0.3 is 10.1 Å². The van der Waals surface area contributed by atoms with E-state index in [0.29, 0.717) is 17.9 Å². The summed E-state index contributed by atoms with van der Waals surface area (Å²) in [6, 6.07) is 17.1. The Hall–Kier alpha value is -2.80. The first-order valence-electron chi connectivity index (χ1n) is 7.87. The zero-order valence-corrected chi connectivity index (χ0v) is 14.3. The molecule has 4 nitrogen and oxygen atoms in total. The maximum atomic E-state index is 11.9. The van der Waals surface area contributed by atoms with Crippen molar-refractivity contribution in [2.45, 2.75) is 32.6 Å². The third kappa shape index (κ3) is 5.13. The third-order valence-corrected chi connectivity index (χ3v) is 3.61. The number of anilines is 1. The second kappa shape index (κ2) is 7.65. The second-order valence-electron chi connectivity index (χ2n) is 6.64. The number of amides is 1. The van der Waals surface area contributed by atoms with Crippen LogP contribution in [0.2, 0.25) is 0 Å². The maximum absolute atomic E-state index is 11.9. The van der Waals surface area contributed by atoms with Crippen molar-refractivity contribution in [2.75, 3.05) is 11.9 Å². The molecule has 124 valence electrons. The normalized spacial score (nSPS) is 10.8. The summed E-state index contributed by atoms with van der Waals surface area (Å²) in [4.78, 5) is 11.9. The van der Waals surface area contributed by atoms with Crippen molar-refractivity contribution in [1.82, 2.24) is 0 Å². The number of nitrogens with one attached hydrogen (secondary N) is 1. The van der Waals surface area contributed by atoms with E-state index in [0.717, 1.165) is 5.56 Å². The summed E-state index contributed by atoms with van der Waals surface area (Å²) in [7, 11) is 0. The molecule has 1 amide bonds. The lowest BCUT2D eigenvalue weighted by molar-refractivity contribution is -0.118. The topological polar surface area (TPSA) is 62.1 Å². The van der Waals surface area contributed by atoms with Gasteiger partial charge in [0.1, 0.15) is 5.75 Å². The molecule has 0 atom stereocenters. The van der Waals surface area contributed by atoms with E-state index in [1.54, 1.807) is 12.1 Å². The summed E-state index contributed by atoms with van der Waals surface area (Å²) >= 11 is 0. The number of ether oxygens (including phenoxy) is 1. The Morgan fingerprint density at radius 3 is 2.25 bits per heavy atom. The van der Waals surface area contributed by atoms with Crippen molar-refractivity contribution >= 4 is 11.6 Å². The van der Waals surface area contributed by atoms with Crippen LogP contribution in [0.15, 0.2) is 48.5 Å². The molecule has 0 saturated carbocycles. The molecule has 24 heavy (non-hydrogen) atoms. The van der Waals surface area contributed by atoms with Crippen LogP contribution in [0.25, 0.3) is 0 Å². The Kier molecular flexibility index (Phi) is 5.59. The van der Waals surface area contributed by atoms with Crippen LogP contribution < -0.4 is 10.1 Å². The Morgan fingerprint density at radius 2 is 1.71 bits per heavy atom. The first-order valence-corrected chi connectivity index (χ1v) is 7.87. The lowest BCUT2D eigenvalue weighted by atomic mass is 9.87. The highest BCUT2D eigenvalue weighted by Gasteiger charge is 2.13. The van der Waals surface area contributed by atoms with E-state index in [4.69, 9.17) is 10.00 Å². The Labute approximate surface area is 143 Å². The maximum Gasteiger partial charge on any atom is 0.262 e. The van der Waals surface area contributed by atoms with Gasteiger partial charge >= 0.3 is 0 Å². The standard InChI is InChI=1S/C20H22N2O2/c1-20(2,3)16-6-10-18(11-7-16)24-14-19(23)22-17-8-4-15(5-9-17)12-13-21/h4-11H,12,14H2,1-3H3,(H,22,23). The van der Waals surface area contributed by atoms with E-state index in [2.05, 4.69) is 32.2 Å². The molecule has 2 rings (SSSR count). The lowest BCUT2D eigenvalue weighted by Crippen LogP contribution is -2.20. The SMILES string of the molecule is CC(C)(C)c1ccc(OCC(=O)Nc2ccc(CC#N)cc2)cc1. The van der Waals surface area contributed by atoms with Crippen molar-refractivity contribution in [1.29, 1.82) is 5.26 Å². The molecule has 0 heterocycles. The van der Waals surface area contributed by atoms with Gasteiger partial charge in [0.2, 0.25) is 0 Å². The monoisotopic (exact) mass is 322 g/mol. The highest BCUT2D eigenvalue weighted by Crippen LogP contribution is 2.24. The molecule has 0 unspecified atom stereocenters. The van der Waals surface area contributed by atoms with Crippen LogP contribution in [0.4, 0.5) is 5.69 Å². The van der Waals surface area contributed by atoms with Gasteiger partial charge in [-0.15, -0.1) is 0 Å². The fraction of sp³-hybridized carbons (Fsp3) is 0.300. The summed E-state index contributed by atoms with van der Waals surface area (Å²) in [6.45, 7) is 6.41. The Bertz CT molecular complexity index is 720. The van der Waals surface area contributed by atoms with Crippen molar-refractivity contribution in [3.05, 3.63) is 59.7 Å². The van der Waals surface area contributed by atoms with Gasteiger partial charge in [0, 0.05) is 5.69 Å². The van der Waals surface area contributed by atoms with E-state index in [1.807, 2.05) is 36.4 Å². The molecule has 0 aromatic heterocycles. The predicted molar refractivity (Wildman–Crippen MR) is 95.0 cm³/mol. The number of benzene rings is 2. The molecule has 0 aliphatic rings. The highest BCUT2D eigenvalue weighted by atomic mass is 16.5. The van der Waals surface area contributed by atoms with E-state index >= 15 is 0 Å². The van der Waals surface area contributed by atoms with Gasteiger partial charge in [0.15, 0.2) is 6.61 Å². The summed E-state index contributed by atoms with van der Waals surface area (Å²) in [5.41, 5.74) is 2.92. The number of carbonyl (C=O) groups excluding carboxylic acids is 1. The van der Waals surface area contributed by atoms with Crippen molar-refractivity contribution in [3.8, 4) is 11.8 Å². The number of carbonyl (C=O) groups is 1. The zero-order chi connectivity index (χ0) is 17.6. The molecule has 0 radical (unpaired) electrons. The number of nitriles is 1. The lowest BCUT2D eigenvalue weighted by Gasteiger charge is -2.19. The molecule has 0 saturated heterocycles. The van der Waals surface area contributed by atoms with Gasteiger partial charge in [0.05, 0.1) is 12.5 Å². The van der Waals surface area contributed by atoms with Crippen molar-refractivity contribution in [3.63, 3.8) is 0 Å². The molecule has 0 aliphatic carbocycles. The molecule has 0 aliphatic heterocycles. The van der Waals surface area contributed by atoms with E-state index in [1.165, 1.54) is 5.56 Å². The largest absolute Gasteiger partial charge is 0.484 e. The third-order valence-electron chi connectivity index (χ3n) is 3.61. The van der Waals surface area contributed by atoms with Crippen LogP contribution >= 0.6 is 0 Å². The summed E-state index contributed by atoms with van der Waals surface area (Å²) < 4.78 is 5.51. The minimum atomic E-state index is -0.220. The van der Waals surface area contributed by atoms with E-state index in [9.17, 15) is 4.79 Å². The summed E-state index contributed by atoms with van der Waals surface area (Å²) in [5, 5.41) is 11.4. The number of nitrogens with zero attached hydrogens (tertiary/aromatic N) is 1. The molecule has 0 bridgehead atoms. The Balaban J connectivity index is 1.85. The molecular formula is C20H22N2O2.